The zero-order valence-corrected chi connectivity index (χ0v) is 18.4. The molecule has 0 bridgehead atoms. The largest absolute Gasteiger partial charge is 0.422 e. The molecule has 31 heavy (non-hydrogen) atoms. The van der Waals surface area contributed by atoms with Gasteiger partial charge in [-0.25, -0.2) is 4.79 Å². The van der Waals surface area contributed by atoms with Crippen molar-refractivity contribution < 1.29 is 9.25 Å². The molecule has 0 saturated heterocycles. The molecule has 0 radical (unpaired) electrons. The van der Waals surface area contributed by atoms with Crippen LogP contribution in [0.2, 0.25) is 0 Å². The van der Waals surface area contributed by atoms with Crippen LogP contribution in [0.3, 0.4) is 0 Å². The molecule has 0 spiro atoms. The lowest BCUT2D eigenvalue weighted by Gasteiger charge is -2.21. The van der Waals surface area contributed by atoms with Crippen LogP contribution in [0.25, 0.3) is 22.1 Å². The molecule has 0 amide bonds. The minimum atomic E-state index is -0.322. The highest BCUT2D eigenvalue weighted by atomic mass is 16.6. The standard InChI is InChI=1S/C26H30N2O3/c1-3-28(4-2)23-15-14-21-16-24(26(29)31-25(21)17-23)20-12-10-19(11-13-20)18-30-27-22-8-6-5-7-9-22/h10-17H,3-9,18H2,1-2H3. The van der Waals surface area contributed by atoms with Crippen molar-refractivity contribution in [3.8, 4) is 11.1 Å². The van der Waals surface area contributed by atoms with Crippen LogP contribution in [-0.4, -0.2) is 18.8 Å². The summed E-state index contributed by atoms with van der Waals surface area (Å²) in [6.07, 6.45) is 5.81. The number of anilines is 1. The summed E-state index contributed by atoms with van der Waals surface area (Å²) < 4.78 is 5.66. The van der Waals surface area contributed by atoms with Crippen LogP contribution < -0.4 is 10.5 Å². The summed E-state index contributed by atoms with van der Waals surface area (Å²) in [5, 5.41) is 5.21. The second-order valence-electron chi connectivity index (χ2n) is 8.03. The number of fused-ring (bicyclic) bond motifs is 1. The molecule has 1 aromatic heterocycles. The van der Waals surface area contributed by atoms with Gasteiger partial charge in [0.15, 0.2) is 0 Å². The van der Waals surface area contributed by atoms with Gasteiger partial charge in [0.05, 0.1) is 11.3 Å². The number of benzene rings is 2. The maximum atomic E-state index is 12.7. The molecule has 1 aliphatic rings. The highest BCUT2D eigenvalue weighted by molar-refractivity contribution is 5.85. The molecule has 5 heteroatoms. The predicted molar refractivity (Wildman–Crippen MR) is 127 cm³/mol. The Morgan fingerprint density at radius 1 is 0.968 bits per heavy atom. The fourth-order valence-electron chi connectivity index (χ4n) is 4.12. The first kappa shape index (κ1) is 21.2. The number of hydrogen-bond donors (Lipinski definition) is 0. The van der Waals surface area contributed by atoms with Crippen molar-refractivity contribution in [1.29, 1.82) is 0 Å². The van der Waals surface area contributed by atoms with Crippen molar-refractivity contribution in [3.05, 3.63) is 64.5 Å². The van der Waals surface area contributed by atoms with Crippen LogP contribution in [0.5, 0.6) is 0 Å². The van der Waals surface area contributed by atoms with Gasteiger partial charge in [0.25, 0.3) is 0 Å². The molecule has 0 unspecified atom stereocenters. The lowest BCUT2D eigenvalue weighted by atomic mass is 9.99. The highest BCUT2D eigenvalue weighted by Gasteiger charge is 2.11. The van der Waals surface area contributed by atoms with E-state index in [0.29, 0.717) is 17.8 Å². The maximum absolute atomic E-state index is 12.7. The molecule has 1 saturated carbocycles. The zero-order chi connectivity index (χ0) is 21.6. The first-order valence-corrected chi connectivity index (χ1v) is 11.3. The van der Waals surface area contributed by atoms with Crippen molar-refractivity contribution in [2.75, 3.05) is 18.0 Å². The molecular formula is C26H30N2O3. The molecule has 1 aliphatic carbocycles. The fraction of sp³-hybridized carbons (Fsp3) is 0.385. The normalized spacial score (nSPS) is 13.9. The van der Waals surface area contributed by atoms with Crippen LogP contribution in [-0.2, 0) is 11.4 Å². The van der Waals surface area contributed by atoms with Gasteiger partial charge in [-0.05, 0) is 68.9 Å². The van der Waals surface area contributed by atoms with E-state index in [9.17, 15) is 4.79 Å². The highest BCUT2D eigenvalue weighted by Crippen LogP contribution is 2.25. The van der Waals surface area contributed by atoms with E-state index in [-0.39, 0.29) is 5.63 Å². The summed E-state index contributed by atoms with van der Waals surface area (Å²) >= 11 is 0. The van der Waals surface area contributed by atoms with Crippen LogP contribution >= 0.6 is 0 Å². The molecule has 3 aromatic rings. The molecule has 1 fully saturated rings. The van der Waals surface area contributed by atoms with Gasteiger partial charge in [-0.1, -0.05) is 35.8 Å². The van der Waals surface area contributed by atoms with Gasteiger partial charge in [-0.2, -0.15) is 0 Å². The van der Waals surface area contributed by atoms with Gasteiger partial charge < -0.3 is 14.2 Å². The van der Waals surface area contributed by atoms with E-state index in [1.807, 2.05) is 42.5 Å². The first-order chi connectivity index (χ1) is 15.2. The summed E-state index contributed by atoms with van der Waals surface area (Å²) in [4.78, 5) is 20.4. The summed E-state index contributed by atoms with van der Waals surface area (Å²) in [5.74, 6) is 0. The second-order valence-corrected chi connectivity index (χ2v) is 8.03. The van der Waals surface area contributed by atoms with E-state index in [1.54, 1.807) is 0 Å². The van der Waals surface area contributed by atoms with Crippen molar-refractivity contribution in [2.24, 2.45) is 5.16 Å². The van der Waals surface area contributed by atoms with E-state index in [1.165, 1.54) is 25.0 Å². The average molecular weight is 419 g/mol. The van der Waals surface area contributed by atoms with Crippen molar-refractivity contribution >= 4 is 22.4 Å². The molecule has 0 atom stereocenters. The van der Waals surface area contributed by atoms with Gasteiger partial charge in [0, 0.05) is 30.2 Å². The van der Waals surface area contributed by atoms with E-state index < -0.39 is 0 Å². The van der Waals surface area contributed by atoms with Gasteiger partial charge in [0.2, 0.25) is 0 Å². The average Bonchev–Trinajstić information content (AvgIpc) is 2.81. The SMILES string of the molecule is CCN(CC)c1ccc2cc(-c3ccc(CON=C4CCCCC4)cc3)c(=O)oc2c1. The molecule has 5 nitrogen and oxygen atoms in total. The van der Waals surface area contributed by atoms with Gasteiger partial charge in [-0.15, -0.1) is 0 Å². The lowest BCUT2D eigenvalue weighted by molar-refractivity contribution is 0.128. The quantitative estimate of drug-likeness (QED) is 0.341. The summed E-state index contributed by atoms with van der Waals surface area (Å²) in [6.45, 7) is 6.49. The third kappa shape index (κ3) is 4.98. The van der Waals surface area contributed by atoms with Crippen LogP contribution in [0.1, 0.15) is 51.5 Å². The maximum Gasteiger partial charge on any atom is 0.344 e. The number of rotatable bonds is 7. The van der Waals surface area contributed by atoms with Crippen LogP contribution in [0.4, 0.5) is 5.69 Å². The predicted octanol–water partition coefficient (Wildman–Crippen LogP) is 6.14. The van der Waals surface area contributed by atoms with Crippen molar-refractivity contribution in [3.63, 3.8) is 0 Å². The summed E-state index contributed by atoms with van der Waals surface area (Å²) in [6, 6.07) is 15.8. The van der Waals surface area contributed by atoms with E-state index in [0.717, 1.165) is 48.1 Å². The fourth-order valence-corrected chi connectivity index (χ4v) is 4.12. The van der Waals surface area contributed by atoms with Crippen LogP contribution in [0, 0.1) is 0 Å². The van der Waals surface area contributed by atoms with E-state index >= 15 is 0 Å². The Bertz CT molecular complexity index is 1100. The number of oxime groups is 1. The summed E-state index contributed by atoms with van der Waals surface area (Å²) in [7, 11) is 0. The zero-order valence-electron chi connectivity index (χ0n) is 18.4. The van der Waals surface area contributed by atoms with E-state index in [4.69, 9.17) is 9.25 Å². The van der Waals surface area contributed by atoms with Gasteiger partial charge in [0.1, 0.15) is 12.2 Å². The number of hydrogen-bond acceptors (Lipinski definition) is 5. The first-order valence-electron chi connectivity index (χ1n) is 11.3. The van der Waals surface area contributed by atoms with E-state index in [2.05, 4.69) is 30.0 Å². The Kier molecular flexibility index (Phi) is 6.70. The van der Waals surface area contributed by atoms with Crippen molar-refractivity contribution in [1.82, 2.24) is 0 Å². The van der Waals surface area contributed by atoms with Gasteiger partial charge in [-0.3, -0.25) is 0 Å². The Morgan fingerprint density at radius 3 is 2.42 bits per heavy atom. The second kappa shape index (κ2) is 9.82. The molecular weight excluding hydrogens is 388 g/mol. The molecule has 162 valence electrons. The topological polar surface area (TPSA) is 55.0 Å². The molecule has 0 aliphatic heterocycles. The molecule has 4 rings (SSSR count). The number of nitrogens with zero attached hydrogens (tertiary/aromatic N) is 2. The Labute approximate surface area is 183 Å². The Morgan fingerprint density at radius 2 is 1.71 bits per heavy atom. The Hall–Kier alpha value is -3.08. The summed E-state index contributed by atoms with van der Waals surface area (Å²) in [5.41, 5.74) is 4.96. The Balaban J connectivity index is 1.50. The molecule has 1 heterocycles. The molecule has 2 aromatic carbocycles. The molecule has 0 N–H and O–H groups in total. The third-order valence-electron chi connectivity index (χ3n) is 5.97. The van der Waals surface area contributed by atoms with Crippen molar-refractivity contribution in [2.45, 2.75) is 52.6 Å². The minimum Gasteiger partial charge on any atom is -0.422 e. The van der Waals surface area contributed by atoms with Gasteiger partial charge >= 0.3 is 5.63 Å². The smallest absolute Gasteiger partial charge is 0.344 e. The lowest BCUT2D eigenvalue weighted by Crippen LogP contribution is -2.21. The minimum absolute atomic E-state index is 0.322. The monoisotopic (exact) mass is 418 g/mol. The van der Waals surface area contributed by atoms with Crippen LogP contribution in [0.15, 0.2) is 62.9 Å². The third-order valence-corrected chi connectivity index (χ3v) is 5.97.